The molecule has 1 aliphatic heterocycles. The van der Waals surface area contributed by atoms with Crippen LogP contribution in [0, 0.1) is 5.92 Å². The summed E-state index contributed by atoms with van der Waals surface area (Å²) in [4.78, 5) is 33.5. The largest absolute Gasteiger partial charge is 0.352 e. The van der Waals surface area contributed by atoms with E-state index >= 15 is 0 Å². The van der Waals surface area contributed by atoms with E-state index in [0.717, 1.165) is 26.1 Å². The van der Waals surface area contributed by atoms with E-state index in [1.165, 1.54) is 11.8 Å². The molecule has 1 saturated heterocycles. The van der Waals surface area contributed by atoms with E-state index in [-0.39, 0.29) is 11.8 Å². The zero-order valence-electron chi connectivity index (χ0n) is 17.3. The Kier molecular flexibility index (Phi) is 7.36. The van der Waals surface area contributed by atoms with Crippen LogP contribution in [0.2, 0.25) is 0 Å². The summed E-state index contributed by atoms with van der Waals surface area (Å²) >= 11 is 0. The number of amides is 2. The third-order valence-corrected chi connectivity index (χ3v) is 5.16. The Hall–Kier alpha value is -2.73. The van der Waals surface area contributed by atoms with Gasteiger partial charge in [0.25, 0.3) is 11.8 Å². The standard InChI is InChI=1S/C23H30N4O2/c1-18(2)8-9-25-22(28)20-14-21(16-24-15-20)23(29)27-12-10-26(11-13-27)17-19-6-4-3-5-7-19/h3-7,14-16,18H,8-13,17H2,1-2H3,(H,25,28). The Balaban J connectivity index is 1.53. The van der Waals surface area contributed by atoms with E-state index in [9.17, 15) is 9.59 Å². The number of benzene rings is 1. The lowest BCUT2D eigenvalue weighted by Gasteiger charge is -2.34. The van der Waals surface area contributed by atoms with E-state index in [4.69, 9.17) is 0 Å². The highest BCUT2D eigenvalue weighted by Gasteiger charge is 2.23. The van der Waals surface area contributed by atoms with Gasteiger partial charge in [0.1, 0.15) is 0 Å². The number of piperazine rings is 1. The van der Waals surface area contributed by atoms with Gasteiger partial charge in [-0.15, -0.1) is 0 Å². The van der Waals surface area contributed by atoms with Crippen LogP contribution >= 0.6 is 0 Å². The highest BCUT2D eigenvalue weighted by Crippen LogP contribution is 2.12. The van der Waals surface area contributed by atoms with Crippen LogP contribution < -0.4 is 5.32 Å². The highest BCUT2D eigenvalue weighted by molar-refractivity contribution is 5.99. The van der Waals surface area contributed by atoms with Crippen molar-refractivity contribution in [3.8, 4) is 0 Å². The van der Waals surface area contributed by atoms with Crippen molar-refractivity contribution in [1.82, 2.24) is 20.1 Å². The summed E-state index contributed by atoms with van der Waals surface area (Å²) in [7, 11) is 0. The quantitative estimate of drug-likeness (QED) is 0.784. The first kappa shape index (κ1) is 21.0. The second kappa shape index (κ2) is 10.2. The first-order chi connectivity index (χ1) is 14.0. The molecule has 0 bridgehead atoms. The fourth-order valence-corrected chi connectivity index (χ4v) is 3.39. The summed E-state index contributed by atoms with van der Waals surface area (Å²) in [6.07, 6.45) is 3.98. The molecule has 0 saturated carbocycles. The molecule has 2 aromatic rings. The summed E-state index contributed by atoms with van der Waals surface area (Å²) < 4.78 is 0. The smallest absolute Gasteiger partial charge is 0.255 e. The normalized spacial score (nSPS) is 14.8. The van der Waals surface area contributed by atoms with Crippen LogP contribution in [0.5, 0.6) is 0 Å². The van der Waals surface area contributed by atoms with Gasteiger partial charge in [-0.2, -0.15) is 0 Å². The maximum atomic E-state index is 12.9. The lowest BCUT2D eigenvalue weighted by molar-refractivity contribution is 0.0628. The van der Waals surface area contributed by atoms with Crippen molar-refractivity contribution in [3.63, 3.8) is 0 Å². The summed E-state index contributed by atoms with van der Waals surface area (Å²) in [5, 5.41) is 2.89. The molecule has 0 aliphatic carbocycles. The molecule has 1 aromatic carbocycles. The minimum absolute atomic E-state index is 0.0614. The molecule has 1 N–H and O–H groups in total. The van der Waals surface area contributed by atoms with Gasteiger partial charge in [0.2, 0.25) is 0 Å². The molecular formula is C23H30N4O2. The Morgan fingerprint density at radius 3 is 2.41 bits per heavy atom. The Morgan fingerprint density at radius 1 is 1.03 bits per heavy atom. The minimum atomic E-state index is -0.180. The maximum Gasteiger partial charge on any atom is 0.255 e. The molecule has 29 heavy (non-hydrogen) atoms. The number of carbonyl (C=O) groups excluding carboxylic acids is 2. The van der Waals surface area contributed by atoms with Crippen LogP contribution in [0.3, 0.4) is 0 Å². The molecule has 6 heteroatoms. The van der Waals surface area contributed by atoms with Crippen LogP contribution in [0.25, 0.3) is 0 Å². The fraction of sp³-hybridized carbons (Fsp3) is 0.435. The number of carbonyl (C=O) groups is 2. The van der Waals surface area contributed by atoms with Gasteiger partial charge >= 0.3 is 0 Å². The molecule has 2 heterocycles. The first-order valence-electron chi connectivity index (χ1n) is 10.3. The summed E-state index contributed by atoms with van der Waals surface area (Å²) in [5.41, 5.74) is 2.19. The maximum absolute atomic E-state index is 12.9. The average Bonchev–Trinajstić information content (AvgIpc) is 2.74. The van der Waals surface area contributed by atoms with E-state index in [1.807, 2.05) is 23.1 Å². The molecule has 0 radical (unpaired) electrons. The van der Waals surface area contributed by atoms with Crippen LogP contribution in [0.1, 0.15) is 46.5 Å². The molecule has 0 unspecified atom stereocenters. The lowest BCUT2D eigenvalue weighted by Crippen LogP contribution is -2.48. The van der Waals surface area contributed by atoms with E-state index in [2.05, 4.69) is 41.2 Å². The van der Waals surface area contributed by atoms with Crippen molar-refractivity contribution in [2.75, 3.05) is 32.7 Å². The number of pyridine rings is 1. The van der Waals surface area contributed by atoms with E-state index in [1.54, 1.807) is 12.3 Å². The summed E-state index contributed by atoms with van der Waals surface area (Å²) in [6, 6.07) is 12.0. The number of nitrogens with one attached hydrogen (secondary N) is 1. The van der Waals surface area contributed by atoms with Gasteiger partial charge in [-0.3, -0.25) is 19.5 Å². The molecular weight excluding hydrogens is 364 g/mol. The second-order valence-corrected chi connectivity index (χ2v) is 7.95. The topological polar surface area (TPSA) is 65.5 Å². The summed E-state index contributed by atoms with van der Waals surface area (Å²) in [6.45, 7) is 8.79. The van der Waals surface area contributed by atoms with Crippen molar-refractivity contribution >= 4 is 11.8 Å². The minimum Gasteiger partial charge on any atom is -0.352 e. The van der Waals surface area contributed by atoms with E-state index in [0.29, 0.717) is 36.7 Å². The first-order valence-corrected chi connectivity index (χ1v) is 10.3. The Morgan fingerprint density at radius 2 is 1.72 bits per heavy atom. The monoisotopic (exact) mass is 394 g/mol. The number of hydrogen-bond donors (Lipinski definition) is 1. The molecule has 1 aliphatic rings. The van der Waals surface area contributed by atoms with Gasteiger partial charge in [0.15, 0.2) is 0 Å². The molecule has 6 nitrogen and oxygen atoms in total. The predicted molar refractivity (Wildman–Crippen MR) is 114 cm³/mol. The number of rotatable bonds is 7. The van der Waals surface area contributed by atoms with Crippen molar-refractivity contribution in [2.45, 2.75) is 26.8 Å². The van der Waals surface area contributed by atoms with Crippen LogP contribution in [-0.4, -0.2) is 59.3 Å². The summed E-state index contributed by atoms with van der Waals surface area (Å²) in [5.74, 6) is 0.288. The van der Waals surface area contributed by atoms with Gasteiger partial charge in [0.05, 0.1) is 11.1 Å². The average molecular weight is 395 g/mol. The Labute approximate surface area is 172 Å². The fourth-order valence-electron chi connectivity index (χ4n) is 3.39. The zero-order valence-corrected chi connectivity index (χ0v) is 17.3. The van der Waals surface area contributed by atoms with Crippen molar-refractivity contribution in [1.29, 1.82) is 0 Å². The number of nitrogens with zero attached hydrogens (tertiary/aromatic N) is 3. The Bertz CT molecular complexity index is 815. The van der Waals surface area contributed by atoms with Gasteiger partial charge < -0.3 is 10.2 Å². The van der Waals surface area contributed by atoms with E-state index < -0.39 is 0 Å². The SMILES string of the molecule is CC(C)CCNC(=O)c1cncc(C(=O)N2CCN(Cc3ccccc3)CC2)c1. The number of hydrogen-bond acceptors (Lipinski definition) is 4. The van der Waals surface area contributed by atoms with Crippen molar-refractivity contribution in [2.24, 2.45) is 5.92 Å². The van der Waals surface area contributed by atoms with Gasteiger partial charge in [-0.25, -0.2) is 0 Å². The molecule has 2 amide bonds. The third kappa shape index (κ3) is 6.12. The zero-order chi connectivity index (χ0) is 20.6. The second-order valence-electron chi connectivity index (χ2n) is 7.95. The van der Waals surface area contributed by atoms with Gasteiger partial charge in [0, 0.05) is 51.7 Å². The van der Waals surface area contributed by atoms with Crippen LogP contribution in [-0.2, 0) is 6.54 Å². The lowest BCUT2D eigenvalue weighted by atomic mass is 10.1. The molecule has 0 atom stereocenters. The van der Waals surface area contributed by atoms with Gasteiger partial charge in [-0.05, 0) is 24.0 Å². The molecule has 0 spiro atoms. The van der Waals surface area contributed by atoms with Crippen molar-refractivity contribution in [3.05, 3.63) is 65.5 Å². The van der Waals surface area contributed by atoms with Crippen LogP contribution in [0.15, 0.2) is 48.8 Å². The molecule has 3 rings (SSSR count). The highest BCUT2D eigenvalue weighted by atomic mass is 16.2. The number of aromatic nitrogens is 1. The molecule has 1 aromatic heterocycles. The predicted octanol–water partition coefficient (Wildman–Crippen LogP) is 2.82. The van der Waals surface area contributed by atoms with Crippen LogP contribution in [0.4, 0.5) is 0 Å². The molecule has 154 valence electrons. The van der Waals surface area contributed by atoms with Gasteiger partial charge in [-0.1, -0.05) is 44.2 Å². The molecule has 1 fully saturated rings. The third-order valence-electron chi connectivity index (χ3n) is 5.16. The van der Waals surface area contributed by atoms with Crippen molar-refractivity contribution < 1.29 is 9.59 Å².